The maximum atomic E-state index is 12.0. The zero-order valence-corrected chi connectivity index (χ0v) is 13.2. The molecule has 0 saturated carbocycles. The highest BCUT2D eigenvalue weighted by molar-refractivity contribution is 5.86. The number of carbonyl (C=O) groups is 2. The molecule has 2 heterocycles. The van der Waals surface area contributed by atoms with E-state index < -0.39 is 12.0 Å². The van der Waals surface area contributed by atoms with Gasteiger partial charge in [0.05, 0.1) is 6.42 Å². The number of benzene rings is 1. The summed E-state index contributed by atoms with van der Waals surface area (Å²) in [6, 6.07) is 7.74. The summed E-state index contributed by atoms with van der Waals surface area (Å²) >= 11 is 0. The number of carbonyl (C=O) groups excluding carboxylic acids is 1. The number of carboxylic acid groups (broad SMARTS) is 1. The van der Waals surface area contributed by atoms with E-state index in [0.29, 0.717) is 19.6 Å². The smallest absolute Gasteiger partial charge is 0.305 e. The lowest BCUT2D eigenvalue weighted by molar-refractivity contribution is -0.143. The van der Waals surface area contributed by atoms with Gasteiger partial charge in [0.2, 0.25) is 5.91 Å². The second-order valence-electron chi connectivity index (χ2n) is 5.87. The summed E-state index contributed by atoms with van der Waals surface area (Å²) in [5, 5.41) is 12.9. The molecular weight excluding hydrogens is 294 g/mol. The van der Waals surface area contributed by atoms with Gasteiger partial charge in [-0.05, 0) is 36.1 Å². The fraction of sp³-hybridized carbons (Fsp3) is 0.412. The predicted octanol–water partition coefficient (Wildman–Crippen LogP) is 1.44. The number of nitrogens with one attached hydrogen (secondary N) is 1. The van der Waals surface area contributed by atoms with Crippen molar-refractivity contribution in [2.24, 2.45) is 0 Å². The van der Waals surface area contributed by atoms with Crippen molar-refractivity contribution in [2.75, 3.05) is 13.1 Å². The first-order valence-electron chi connectivity index (χ1n) is 7.90. The Hall–Kier alpha value is -2.34. The molecule has 23 heavy (non-hydrogen) atoms. The number of aryl methyl sites for hydroxylation is 1. The van der Waals surface area contributed by atoms with Crippen molar-refractivity contribution in [2.45, 2.75) is 32.5 Å². The summed E-state index contributed by atoms with van der Waals surface area (Å²) in [4.78, 5) is 24.9. The number of fused-ring (bicyclic) bond motifs is 1. The summed E-state index contributed by atoms with van der Waals surface area (Å²) in [6.07, 6.45) is 1.90. The number of aliphatic carboxylic acids is 1. The molecule has 1 amide bonds. The Balaban J connectivity index is 1.81. The number of aromatic nitrogens is 1. The van der Waals surface area contributed by atoms with Gasteiger partial charge in [-0.25, -0.2) is 0 Å². The van der Waals surface area contributed by atoms with E-state index in [4.69, 9.17) is 5.11 Å². The van der Waals surface area contributed by atoms with E-state index in [0.717, 1.165) is 12.1 Å². The Morgan fingerprint density at radius 1 is 1.39 bits per heavy atom. The second-order valence-corrected chi connectivity index (χ2v) is 5.87. The summed E-state index contributed by atoms with van der Waals surface area (Å²) in [5.41, 5.74) is 2.28. The molecule has 2 N–H and O–H groups in total. The van der Waals surface area contributed by atoms with Crippen LogP contribution in [0.15, 0.2) is 30.5 Å². The zero-order valence-electron chi connectivity index (χ0n) is 13.2. The molecule has 0 radical (unpaired) electrons. The van der Waals surface area contributed by atoms with Gasteiger partial charge in [-0.3, -0.25) is 14.5 Å². The molecule has 0 aliphatic carbocycles. The van der Waals surface area contributed by atoms with E-state index in [2.05, 4.69) is 47.3 Å². The molecule has 1 saturated heterocycles. The van der Waals surface area contributed by atoms with E-state index in [1.165, 1.54) is 10.9 Å². The van der Waals surface area contributed by atoms with E-state index >= 15 is 0 Å². The molecule has 1 aromatic carbocycles. The minimum Gasteiger partial charge on any atom is -0.481 e. The van der Waals surface area contributed by atoms with Crippen LogP contribution in [0.4, 0.5) is 0 Å². The van der Waals surface area contributed by atoms with E-state index in [1.54, 1.807) is 0 Å². The molecule has 2 aromatic rings. The molecule has 1 fully saturated rings. The molecule has 1 unspecified atom stereocenters. The lowest BCUT2D eigenvalue weighted by Gasteiger charge is -2.34. The fourth-order valence-electron chi connectivity index (χ4n) is 3.20. The van der Waals surface area contributed by atoms with Crippen LogP contribution in [0.5, 0.6) is 0 Å². The summed E-state index contributed by atoms with van der Waals surface area (Å²) in [6.45, 7) is 4.84. The molecule has 0 spiro atoms. The van der Waals surface area contributed by atoms with Crippen LogP contribution in [0.3, 0.4) is 0 Å². The van der Waals surface area contributed by atoms with Crippen LogP contribution in [0.2, 0.25) is 0 Å². The largest absolute Gasteiger partial charge is 0.481 e. The second kappa shape index (κ2) is 6.42. The molecule has 1 aromatic heterocycles. The molecule has 1 atom stereocenters. The number of piperazine rings is 1. The van der Waals surface area contributed by atoms with Crippen molar-refractivity contribution in [3.05, 3.63) is 36.0 Å². The van der Waals surface area contributed by atoms with Gasteiger partial charge >= 0.3 is 5.97 Å². The third-order valence-corrected chi connectivity index (χ3v) is 4.37. The molecule has 0 bridgehead atoms. The molecular formula is C17H21N3O3. The molecule has 1 aliphatic rings. The standard InChI is InChI=1S/C17H21N3O3/c1-2-19-7-5-13-9-12(3-4-14(13)19)11-20-8-6-18-17(23)15(20)10-16(21)22/h3-5,7,9,15H,2,6,8,10-11H2,1H3,(H,18,23)(H,21,22). The number of nitrogens with zero attached hydrogens (tertiary/aromatic N) is 2. The van der Waals surface area contributed by atoms with Gasteiger partial charge in [-0.15, -0.1) is 0 Å². The Morgan fingerprint density at radius 3 is 2.96 bits per heavy atom. The molecule has 6 nitrogen and oxygen atoms in total. The number of carboxylic acids is 1. The van der Waals surface area contributed by atoms with Gasteiger partial charge in [0, 0.05) is 37.9 Å². The minimum atomic E-state index is -0.951. The number of rotatable bonds is 5. The first-order valence-corrected chi connectivity index (χ1v) is 7.90. The van der Waals surface area contributed by atoms with Crippen LogP contribution in [-0.2, 0) is 22.7 Å². The van der Waals surface area contributed by atoms with Gasteiger partial charge in [-0.2, -0.15) is 0 Å². The van der Waals surface area contributed by atoms with E-state index in [1.807, 2.05) is 4.90 Å². The normalized spacial score (nSPS) is 19.0. The van der Waals surface area contributed by atoms with Gasteiger partial charge in [0.1, 0.15) is 6.04 Å². The third-order valence-electron chi connectivity index (χ3n) is 4.37. The van der Waals surface area contributed by atoms with Gasteiger partial charge in [0.25, 0.3) is 0 Å². The molecule has 1 aliphatic heterocycles. The van der Waals surface area contributed by atoms with Crippen molar-refractivity contribution in [1.29, 1.82) is 0 Å². The molecule has 6 heteroatoms. The highest BCUT2D eigenvalue weighted by Crippen LogP contribution is 2.20. The Kier molecular flexibility index (Phi) is 4.34. The van der Waals surface area contributed by atoms with E-state index in [9.17, 15) is 9.59 Å². The van der Waals surface area contributed by atoms with Crippen LogP contribution >= 0.6 is 0 Å². The summed E-state index contributed by atoms with van der Waals surface area (Å²) in [5.74, 6) is -1.15. The van der Waals surface area contributed by atoms with Gasteiger partial charge in [-0.1, -0.05) is 6.07 Å². The summed E-state index contributed by atoms with van der Waals surface area (Å²) < 4.78 is 2.18. The molecule has 3 rings (SSSR count). The van der Waals surface area contributed by atoms with Crippen LogP contribution in [0.25, 0.3) is 10.9 Å². The predicted molar refractivity (Wildman–Crippen MR) is 87.1 cm³/mol. The minimum absolute atomic E-state index is 0.166. The fourth-order valence-corrected chi connectivity index (χ4v) is 3.20. The quantitative estimate of drug-likeness (QED) is 0.875. The lowest BCUT2D eigenvalue weighted by Crippen LogP contribution is -2.55. The van der Waals surface area contributed by atoms with E-state index in [-0.39, 0.29) is 12.3 Å². The highest BCUT2D eigenvalue weighted by atomic mass is 16.4. The summed E-state index contributed by atoms with van der Waals surface area (Å²) in [7, 11) is 0. The monoisotopic (exact) mass is 315 g/mol. The van der Waals surface area contributed by atoms with Gasteiger partial charge < -0.3 is 15.0 Å². The van der Waals surface area contributed by atoms with Crippen molar-refractivity contribution in [1.82, 2.24) is 14.8 Å². The Bertz CT molecular complexity index is 738. The van der Waals surface area contributed by atoms with Gasteiger partial charge in [0.15, 0.2) is 0 Å². The first-order chi connectivity index (χ1) is 11.1. The SMILES string of the molecule is CCn1ccc2cc(CN3CCNC(=O)C3CC(=O)O)ccc21. The van der Waals surface area contributed by atoms with Crippen LogP contribution < -0.4 is 5.32 Å². The van der Waals surface area contributed by atoms with Crippen LogP contribution in [0, 0.1) is 0 Å². The van der Waals surface area contributed by atoms with Crippen molar-refractivity contribution >= 4 is 22.8 Å². The maximum absolute atomic E-state index is 12.0. The maximum Gasteiger partial charge on any atom is 0.305 e. The van der Waals surface area contributed by atoms with Crippen LogP contribution in [-0.4, -0.2) is 45.6 Å². The Morgan fingerprint density at radius 2 is 2.22 bits per heavy atom. The molecule has 122 valence electrons. The van der Waals surface area contributed by atoms with Crippen molar-refractivity contribution in [3.63, 3.8) is 0 Å². The Labute approximate surface area is 134 Å². The van der Waals surface area contributed by atoms with Crippen molar-refractivity contribution < 1.29 is 14.7 Å². The zero-order chi connectivity index (χ0) is 16.4. The van der Waals surface area contributed by atoms with Crippen molar-refractivity contribution in [3.8, 4) is 0 Å². The topological polar surface area (TPSA) is 74.6 Å². The number of amides is 1. The average molecular weight is 315 g/mol. The highest BCUT2D eigenvalue weighted by Gasteiger charge is 2.31. The number of hydrogen-bond donors (Lipinski definition) is 2. The lowest BCUT2D eigenvalue weighted by atomic mass is 10.1. The third kappa shape index (κ3) is 3.22. The average Bonchev–Trinajstić information content (AvgIpc) is 2.92. The first kappa shape index (κ1) is 15.6. The van der Waals surface area contributed by atoms with Crippen LogP contribution in [0.1, 0.15) is 18.9 Å². The number of hydrogen-bond acceptors (Lipinski definition) is 3.